The highest BCUT2D eigenvalue weighted by molar-refractivity contribution is 7.17. The third kappa shape index (κ3) is 6.30. The third-order valence-corrected chi connectivity index (χ3v) is 6.05. The van der Waals surface area contributed by atoms with Gasteiger partial charge in [0.05, 0.1) is 12.2 Å². The van der Waals surface area contributed by atoms with Crippen LogP contribution < -0.4 is 20.9 Å². The number of hydrogen-bond acceptors (Lipinski definition) is 6. The van der Waals surface area contributed by atoms with Crippen molar-refractivity contribution in [2.45, 2.75) is 6.92 Å². The summed E-state index contributed by atoms with van der Waals surface area (Å²) in [5.41, 5.74) is 6.51. The van der Waals surface area contributed by atoms with E-state index in [1.54, 1.807) is 31.2 Å². The average molecular weight is 487 g/mol. The first-order valence-corrected chi connectivity index (χ1v) is 11.5. The number of benzene rings is 3. The molecule has 3 aromatic carbocycles. The van der Waals surface area contributed by atoms with Gasteiger partial charge in [0.1, 0.15) is 21.4 Å². The number of aromatic nitrogens is 1. The van der Waals surface area contributed by atoms with Gasteiger partial charge in [0.2, 0.25) is 0 Å². The van der Waals surface area contributed by atoms with Crippen LogP contribution in [-0.4, -0.2) is 29.3 Å². The standard InChI is InChI=1S/C26H22N4O4S/c1-17-23(35-26(28-17)19-8-4-2-5-9-19)25(33)30-29-22(31)16-27-24(32)18-12-14-21(15-13-18)34-20-10-6-3-7-11-20/h2-15H,16H2,1H3,(H,27,32)(H,29,31)(H,30,33). The molecule has 0 aliphatic rings. The Bertz CT molecular complexity index is 1320. The zero-order chi connectivity index (χ0) is 24.6. The smallest absolute Gasteiger partial charge is 0.281 e. The topological polar surface area (TPSA) is 109 Å². The molecule has 4 aromatic rings. The highest BCUT2D eigenvalue weighted by Crippen LogP contribution is 2.27. The van der Waals surface area contributed by atoms with Crippen LogP contribution in [0, 0.1) is 6.92 Å². The minimum absolute atomic E-state index is 0.307. The van der Waals surface area contributed by atoms with Crippen molar-refractivity contribution in [3.05, 3.63) is 101 Å². The van der Waals surface area contributed by atoms with Crippen molar-refractivity contribution in [3.63, 3.8) is 0 Å². The fourth-order valence-corrected chi connectivity index (χ4v) is 4.07. The Morgan fingerprint density at radius 1 is 0.800 bits per heavy atom. The van der Waals surface area contributed by atoms with Crippen LogP contribution >= 0.6 is 11.3 Å². The minimum Gasteiger partial charge on any atom is -0.457 e. The first-order valence-electron chi connectivity index (χ1n) is 10.7. The number of para-hydroxylation sites is 1. The largest absolute Gasteiger partial charge is 0.457 e. The molecule has 0 spiro atoms. The van der Waals surface area contributed by atoms with Gasteiger partial charge in [-0.2, -0.15) is 0 Å². The first-order chi connectivity index (χ1) is 17.0. The lowest BCUT2D eigenvalue weighted by Gasteiger charge is -2.09. The Morgan fingerprint density at radius 2 is 1.43 bits per heavy atom. The molecule has 0 saturated carbocycles. The van der Waals surface area contributed by atoms with Gasteiger partial charge >= 0.3 is 0 Å². The van der Waals surface area contributed by atoms with Gasteiger partial charge < -0.3 is 10.1 Å². The van der Waals surface area contributed by atoms with Gasteiger partial charge in [0.25, 0.3) is 17.7 Å². The molecule has 0 saturated heterocycles. The van der Waals surface area contributed by atoms with Gasteiger partial charge in [-0.15, -0.1) is 11.3 Å². The molecule has 0 aliphatic heterocycles. The van der Waals surface area contributed by atoms with E-state index in [2.05, 4.69) is 21.2 Å². The lowest BCUT2D eigenvalue weighted by atomic mass is 10.2. The summed E-state index contributed by atoms with van der Waals surface area (Å²) in [5.74, 6) is -0.198. The summed E-state index contributed by atoms with van der Waals surface area (Å²) in [7, 11) is 0. The molecular formula is C26H22N4O4S. The molecule has 3 amide bonds. The quantitative estimate of drug-likeness (QED) is 0.341. The number of ether oxygens (including phenoxy) is 1. The van der Waals surface area contributed by atoms with Crippen molar-refractivity contribution in [1.29, 1.82) is 0 Å². The Balaban J connectivity index is 1.24. The number of carbonyl (C=O) groups is 3. The predicted octanol–water partition coefficient (Wildman–Crippen LogP) is 4.10. The predicted molar refractivity (Wildman–Crippen MR) is 133 cm³/mol. The fraction of sp³-hybridized carbons (Fsp3) is 0.0769. The number of hydrazine groups is 1. The summed E-state index contributed by atoms with van der Waals surface area (Å²) in [6.07, 6.45) is 0. The molecule has 0 bridgehead atoms. The second-order valence-electron chi connectivity index (χ2n) is 7.42. The number of thiazole rings is 1. The van der Waals surface area contributed by atoms with E-state index in [0.717, 1.165) is 5.56 Å². The number of hydrogen-bond donors (Lipinski definition) is 3. The van der Waals surface area contributed by atoms with Gasteiger partial charge in [-0.25, -0.2) is 4.98 Å². The highest BCUT2D eigenvalue weighted by Gasteiger charge is 2.17. The zero-order valence-corrected chi connectivity index (χ0v) is 19.6. The van der Waals surface area contributed by atoms with Gasteiger partial charge in [-0.1, -0.05) is 48.5 Å². The van der Waals surface area contributed by atoms with Crippen molar-refractivity contribution in [2.75, 3.05) is 6.54 Å². The van der Waals surface area contributed by atoms with E-state index in [9.17, 15) is 14.4 Å². The van der Waals surface area contributed by atoms with Gasteiger partial charge in [0, 0.05) is 11.1 Å². The van der Waals surface area contributed by atoms with E-state index in [4.69, 9.17) is 4.74 Å². The molecule has 0 fully saturated rings. The van der Waals surface area contributed by atoms with Gasteiger partial charge in [-0.3, -0.25) is 25.2 Å². The molecule has 0 unspecified atom stereocenters. The van der Waals surface area contributed by atoms with E-state index in [-0.39, 0.29) is 6.54 Å². The Kier molecular flexibility index (Phi) is 7.49. The summed E-state index contributed by atoms with van der Waals surface area (Å²) in [6, 6.07) is 25.3. The van der Waals surface area contributed by atoms with E-state index in [0.29, 0.717) is 32.6 Å². The average Bonchev–Trinajstić information content (AvgIpc) is 3.29. The molecule has 8 nitrogen and oxygen atoms in total. The Labute approximate surface area is 206 Å². The molecule has 4 rings (SSSR count). The van der Waals surface area contributed by atoms with E-state index < -0.39 is 17.7 Å². The first kappa shape index (κ1) is 23.7. The van der Waals surface area contributed by atoms with Crippen LogP contribution in [0.15, 0.2) is 84.9 Å². The maximum Gasteiger partial charge on any atom is 0.281 e. The third-order valence-electron chi connectivity index (χ3n) is 4.84. The van der Waals surface area contributed by atoms with E-state index >= 15 is 0 Å². The molecule has 1 aromatic heterocycles. The summed E-state index contributed by atoms with van der Waals surface area (Å²) in [5, 5.41) is 3.23. The normalized spacial score (nSPS) is 10.3. The molecule has 0 aliphatic carbocycles. The molecule has 9 heteroatoms. The van der Waals surface area contributed by atoms with Gasteiger partial charge in [0.15, 0.2) is 0 Å². The second-order valence-corrected chi connectivity index (χ2v) is 8.42. The SMILES string of the molecule is Cc1nc(-c2ccccc2)sc1C(=O)NNC(=O)CNC(=O)c1ccc(Oc2ccccc2)cc1. The molecule has 35 heavy (non-hydrogen) atoms. The Hall–Kier alpha value is -4.50. The number of carbonyl (C=O) groups excluding carboxylic acids is 3. The van der Waals surface area contributed by atoms with Crippen molar-refractivity contribution in [1.82, 2.24) is 21.2 Å². The summed E-state index contributed by atoms with van der Waals surface area (Å²) in [6.45, 7) is 1.42. The monoisotopic (exact) mass is 486 g/mol. The van der Waals surface area contributed by atoms with Crippen LogP contribution in [0.1, 0.15) is 25.7 Å². The number of rotatable bonds is 7. The number of nitrogens with zero attached hydrogens (tertiary/aromatic N) is 1. The van der Waals surface area contributed by atoms with Crippen LogP contribution in [-0.2, 0) is 4.79 Å². The molecule has 1 heterocycles. The molecule has 0 atom stereocenters. The van der Waals surface area contributed by atoms with Crippen molar-refractivity contribution >= 4 is 29.1 Å². The molecule has 176 valence electrons. The maximum atomic E-state index is 12.5. The van der Waals surface area contributed by atoms with Crippen molar-refractivity contribution in [2.24, 2.45) is 0 Å². The van der Waals surface area contributed by atoms with Gasteiger partial charge in [-0.05, 0) is 43.3 Å². The highest BCUT2D eigenvalue weighted by atomic mass is 32.1. The fourth-order valence-electron chi connectivity index (χ4n) is 3.10. The van der Waals surface area contributed by atoms with Crippen LogP contribution in [0.25, 0.3) is 10.6 Å². The molecular weight excluding hydrogens is 464 g/mol. The number of amides is 3. The van der Waals surface area contributed by atoms with Crippen molar-refractivity contribution < 1.29 is 19.1 Å². The van der Waals surface area contributed by atoms with E-state index in [1.807, 2.05) is 60.7 Å². The molecule has 0 radical (unpaired) electrons. The van der Waals surface area contributed by atoms with Crippen molar-refractivity contribution in [3.8, 4) is 22.1 Å². The second kappa shape index (κ2) is 11.1. The van der Waals surface area contributed by atoms with Crippen LogP contribution in [0.5, 0.6) is 11.5 Å². The lowest BCUT2D eigenvalue weighted by molar-refractivity contribution is -0.120. The number of nitrogens with one attached hydrogen (secondary N) is 3. The zero-order valence-electron chi connectivity index (χ0n) is 18.8. The maximum absolute atomic E-state index is 12.5. The number of aryl methyl sites for hydroxylation is 1. The lowest BCUT2D eigenvalue weighted by Crippen LogP contribution is -2.46. The minimum atomic E-state index is -0.568. The van der Waals surface area contributed by atoms with Crippen LogP contribution in [0.2, 0.25) is 0 Å². The molecule has 3 N–H and O–H groups in total. The summed E-state index contributed by atoms with van der Waals surface area (Å²) < 4.78 is 5.70. The van der Waals surface area contributed by atoms with Crippen LogP contribution in [0.4, 0.5) is 0 Å². The van der Waals surface area contributed by atoms with Crippen LogP contribution in [0.3, 0.4) is 0 Å². The summed E-state index contributed by atoms with van der Waals surface area (Å²) in [4.78, 5) is 41.8. The van der Waals surface area contributed by atoms with E-state index in [1.165, 1.54) is 11.3 Å². The Morgan fingerprint density at radius 3 is 2.11 bits per heavy atom. The summed E-state index contributed by atoms with van der Waals surface area (Å²) >= 11 is 1.23.